The highest BCUT2D eigenvalue weighted by molar-refractivity contribution is 7.99. The first-order valence-electron chi connectivity index (χ1n) is 7.67. The normalized spacial score (nSPS) is 18.4. The monoisotopic (exact) mass is 309 g/mol. The van der Waals surface area contributed by atoms with E-state index in [0.717, 1.165) is 36.6 Å². The number of hydrogen-bond donors (Lipinski definition) is 2. The topological polar surface area (TPSA) is 41.5 Å². The van der Waals surface area contributed by atoms with Gasteiger partial charge in [0, 0.05) is 24.1 Å². The molecule has 4 heteroatoms. The molecular formula is C17H27NO2S. The van der Waals surface area contributed by atoms with Crippen molar-refractivity contribution in [1.82, 2.24) is 5.32 Å². The van der Waals surface area contributed by atoms with E-state index >= 15 is 0 Å². The molecule has 3 nitrogen and oxygen atoms in total. The van der Waals surface area contributed by atoms with Crippen molar-refractivity contribution >= 4 is 11.8 Å². The van der Waals surface area contributed by atoms with Crippen molar-refractivity contribution in [3.8, 4) is 5.75 Å². The average molecular weight is 309 g/mol. The van der Waals surface area contributed by atoms with Crippen LogP contribution in [0, 0.1) is 0 Å². The molecule has 2 rings (SSSR count). The number of methoxy groups -OCH3 is 1. The summed E-state index contributed by atoms with van der Waals surface area (Å²) in [5, 5.41) is 13.3. The molecule has 0 unspecified atom stereocenters. The summed E-state index contributed by atoms with van der Waals surface area (Å²) < 4.78 is 5.31. The predicted octanol–water partition coefficient (Wildman–Crippen LogP) is 2.65. The second-order valence-corrected chi connectivity index (χ2v) is 7.50. The molecule has 0 aliphatic heterocycles. The van der Waals surface area contributed by atoms with Crippen LogP contribution in [0.4, 0.5) is 0 Å². The number of thioether (sulfide) groups is 1. The zero-order valence-electron chi connectivity index (χ0n) is 13.3. The van der Waals surface area contributed by atoms with Crippen molar-refractivity contribution in [2.45, 2.75) is 44.8 Å². The largest absolute Gasteiger partial charge is 0.497 e. The summed E-state index contributed by atoms with van der Waals surface area (Å²) in [5.74, 6) is 2.79. The van der Waals surface area contributed by atoms with Gasteiger partial charge in [-0.05, 0) is 56.4 Å². The van der Waals surface area contributed by atoms with Gasteiger partial charge in [0.15, 0.2) is 0 Å². The lowest BCUT2D eigenvalue weighted by molar-refractivity contribution is 0.107. The Hall–Kier alpha value is -0.710. The summed E-state index contributed by atoms with van der Waals surface area (Å²) in [6.07, 6.45) is 3.44. The third kappa shape index (κ3) is 5.53. The highest BCUT2D eigenvalue weighted by Gasteiger charge is 2.18. The number of nitrogens with one attached hydrogen (secondary N) is 1. The van der Waals surface area contributed by atoms with Gasteiger partial charge in [-0.15, -0.1) is 0 Å². The minimum atomic E-state index is -0.564. The van der Waals surface area contributed by atoms with Crippen LogP contribution < -0.4 is 10.1 Å². The molecule has 1 aliphatic carbocycles. The van der Waals surface area contributed by atoms with Crippen LogP contribution in [0.2, 0.25) is 0 Å². The van der Waals surface area contributed by atoms with Gasteiger partial charge in [-0.3, -0.25) is 0 Å². The molecule has 0 aromatic heterocycles. The SMILES string of the molecule is COc1ccc2c(c1)C[C@H](NCCSCC(C)(C)O)CC2. The van der Waals surface area contributed by atoms with Gasteiger partial charge in [-0.25, -0.2) is 0 Å². The first kappa shape index (κ1) is 16.7. The van der Waals surface area contributed by atoms with Crippen molar-refractivity contribution in [2.24, 2.45) is 0 Å². The summed E-state index contributed by atoms with van der Waals surface area (Å²) in [7, 11) is 1.72. The van der Waals surface area contributed by atoms with Crippen LogP contribution in [0.15, 0.2) is 18.2 Å². The number of aryl methyl sites for hydroxylation is 1. The number of aliphatic hydroxyl groups is 1. The van der Waals surface area contributed by atoms with Crippen LogP contribution >= 0.6 is 11.8 Å². The Morgan fingerprint density at radius 3 is 2.90 bits per heavy atom. The molecule has 1 aliphatic rings. The van der Waals surface area contributed by atoms with Crippen LogP contribution in [0.3, 0.4) is 0 Å². The smallest absolute Gasteiger partial charge is 0.119 e. The quantitative estimate of drug-likeness (QED) is 0.760. The van der Waals surface area contributed by atoms with E-state index in [2.05, 4.69) is 23.5 Å². The Balaban J connectivity index is 1.74. The van der Waals surface area contributed by atoms with Gasteiger partial charge in [0.2, 0.25) is 0 Å². The summed E-state index contributed by atoms with van der Waals surface area (Å²) in [5.41, 5.74) is 2.32. The standard InChI is InChI=1S/C17H27NO2S/c1-17(2,19)12-21-9-8-18-15-6-4-13-5-7-16(20-3)11-14(13)10-15/h5,7,11,15,18-19H,4,6,8-10,12H2,1-3H3/t15-/m1/s1. The van der Waals surface area contributed by atoms with Gasteiger partial charge in [0.05, 0.1) is 12.7 Å². The molecule has 1 aromatic carbocycles. The molecule has 118 valence electrons. The van der Waals surface area contributed by atoms with Crippen LogP contribution in [-0.4, -0.2) is 41.9 Å². The molecule has 0 amide bonds. The van der Waals surface area contributed by atoms with Crippen LogP contribution in [-0.2, 0) is 12.8 Å². The lowest BCUT2D eigenvalue weighted by Crippen LogP contribution is -2.36. The Morgan fingerprint density at radius 1 is 1.38 bits per heavy atom. The minimum absolute atomic E-state index is 0.562. The summed E-state index contributed by atoms with van der Waals surface area (Å²) in [6, 6.07) is 6.99. The van der Waals surface area contributed by atoms with Gasteiger partial charge >= 0.3 is 0 Å². The van der Waals surface area contributed by atoms with Crippen LogP contribution in [0.1, 0.15) is 31.4 Å². The lowest BCUT2D eigenvalue weighted by Gasteiger charge is -2.26. The average Bonchev–Trinajstić information content (AvgIpc) is 2.45. The van der Waals surface area contributed by atoms with Crippen molar-refractivity contribution < 1.29 is 9.84 Å². The maximum absolute atomic E-state index is 9.67. The van der Waals surface area contributed by atoms with E-state index in [9.17, 15) is 5.11 Å². The molecule has 0 saturated heterocycles. The van der Waals surface area contributed by atoms with Crippen molar-refractivity contribution in [3.05, 3.63) is 29.3 Å². The third-order valence-corrected chi connectivity index (χ3v) is 5.18. The second-order valence-electron chi connectivity index (χ2n) is 6.39. The van der Waals surface area contributed by atoms with E-state index < -0.39 is 5.60 Å². The number of rotatable bonds is 7. The maximum Gasteiger partial charge on any atom is 0.119 e. The van der Waals surface area contributed by atoms with Gasteiger partial charge in [-0.2, -0.15) is 11.8 Å². The van der Waals surface area contributed by atoms with Crippen molar-refractivity contribution in [3.63, 3.8) is 0 Å². The fourth-order valence-electron chi connectivity index (χ4n) is 2.69. The zero-order valence-corrected chi connectivity index (χ0v) is 14.1. The fourth-order valence-corrected chi connectivity index (χ4v) is 3.60. The van der Waals surface area contributed by atoms with Crippen molar-refractivity contribution in [2.75, 3.05) is 25.2 Å². The zero-order chi connectivity index (χ0) is 15.3. The molecule has 2 N–H and O–H groups in total. The highest BCUT2D eigenvalue weighted by Crippen LogP contribution is 2.25. The van der Waals surface area contributed by atoms with Crippen molar-refractivity contribution in [1.29, 1.82) is 0 Å². The molecule has 0 fully saturated rings. The molecule has 1 atom stereocenters. The minimum Gasteiger partial charge on any atom is -0.497 e. The molecule has 0 radical (unpaired) electrons. The third-order valence-electron chi connectivity index (χ3n) is 3.78. The van der Waals surface area contributed by atoms with E-state index in [1.54, 1.807) is 7.11 Å². The van der Waals surface area contributed by atoms with Gasteiger partial charge in [0.25, 0.3) is 0 Å². The number of hydrogen-bond acceptors (Lipinski definition) is 4. The van der Waals surface area contributed by atoms with Crippen LogP contribution in [0.25, 0.3) is 0 Å². The molecule has 1 aromatic rings. The molecule has 0 bridgehead atoms. The summed E-state index contributed by atoms with van der Waals surface area (Å²) in [6.45, 7) is 4.72. The fraction of sp³-hybridized carbons (Fsp3) is 0.647. The molecule has 0 saturated carbocycles. The van der Waals surface area contributed by atoms with E-state index in [1.807, 2.05) is 25.6 Å². The van der Waals surface area contributed by atoms with E-state index in [4.69, 9.17) is 4.74 Å². The molecular weight excluding hydrogens is 282 g/mol. The Labute approximate surface area is 132 Å². The molecule has 0 heterocycles. The lowest BCUT2D eigenvalue weighted by atomic mass is 9.88. The highest BCUT2D eigenvalue weighted by atomic mass is 32.2. The second kappa shape index (κ2) is 7.52. The Morgan fingerprint density at radius 2 is 2.19 bits per heavy atom. The number of ether oxygens (including phenoxy) is 1. The van der Waals surface area contributed by atoms with Crippen LogP contribution in [0.5, 0.6) is 5.75 Å². The van der Waals surface area contributed by atoms with E-state index in [-0.39, 0.29) is 0 Å². The molecule has 21 heavy (non-hydrogen) atoms. The summed E-state index contributed by atoms with van der Waals surface area (Å²) in [4.78, 5) is 0. The Bertz CT molecular complexity index is 457. The Kier molecular flexibility index (Phi) is 5.97. The first-order valence-corrected chi connectivity index (χ1v) is 8.83. The van der Waals surface area contributed by atoms with Gasteiger partial charge < -0.3 is 15.2 Å². The van der Waals surface area contributed by atoms with Gasteiger partial charge in [-0.1, -0.05) is 6.07 Å². The first-order chi connectivity index (χ1) is 9.98. The predicted molar refractivity (Wildman–Crippen MR) is 90.4 cm³/mol. The van der Waals surface area contributed by atoms with E-state index in [0.29, 0.717) is 6.04 Å². The van der Waals surface area contributed by atoms with E-state index in [1.165, 1.54) is 17.5 Å². The van der Waals surface area contributed by atoms with Gasteiger partial charge in [0.1, 0.15) is 5.75 Å². The molecule has 0 spiro atoms. The maximum atomic E-state index is 9.67. The summed E-state index contributed by atoms with van der Waals surface area (Å²) >= 11 is 1.81. The number of benzene rings is 1. The number of fused-ring (bicyclic) bond motifs is 1.